The summed E-state index contributed by atoms with van der Waals surface area (Å²) in [5.74, 6) is -0.505. The molecule has 2 aromatic rings. The number of phenolic OH excluding ortho intramolecular Hbond substituents is 2. The van der Waals surface area contributed by atoms with Crippen LogP contribution in [0.1, 0.15) is 0 Å². The molecule has 2 rings (SSSR count). The zero-order valence-electron chi connectivity index (χ0n) is 7.85. The summed E-state index contributed by atoms with van der Waals surface area (Å²) in [5.41, 5.74) is -0.366. The molecule has 0 saturated heterocycles. The van der Waals surface area contributed by atoms with Crippen LogP contribution in [0.15, 0.2) is 27.6 Å². The van der Waals surface area contributed by atoms with Crippen molar-refractivity contribution < 1.29 is 19.4 Å². The summed E-state index contributed by atoms with van der Waals surface area (Å²) in [6, 6.07) is 2.31. The van der Waals surface area contributed by atoms with Crippen LogP contribution in [0.25, 0.3) is 11.0 Å². The van der Waals surface area contributed by atoms with Gasteiger partial charge in [0.25, 0.3) is 0 Å². The van der Waals surface area contributed by atoms with E-state index >= 15 is 0 Å². The maximum atomic E-state index is 11.7. The van der Waals surface area contributed by atoms with E-state index < -0.39 is 5.43 Å². The molecule has 1 aromatic carbocycles. The topological polar surface area (TPSA) is 79.9 Å². The Morgan fingerprint density at radius 2 is 2.07 bits per heavy atom. The van der Waals surface area contributed by atoms with Gasteiger partial charge in [0.15, 0.2) is 0 Å². The molecule has 2 N–H and O–H groups in total. The van der Waals surface area contributed by atoms with E-state index in [0.29, 0.717) is 0 Å². The Bertz CT molecular complexity index is 570. The smallest absolute Gasteiger partial charge is 0.238 e. The van der Waals surface area contributed by atoms with E-state index in [-0.39, 0.29) is 28.2 Å². The lowest BCUT2D eigenvalue weighted by Crippen LogP contribution is -2.05. The van der Waals surface area contributed by atoms with Crippen LogP contribution >= 0.6 is 0 Å². The van der Waals surface area contributed by atoms with Crippen molar-refractivity contribution in [2.45, 2.75) is 0 Å². The number of aromatic hydroxyl groups is 2. The summed E-state index contributed by atoms with van der Waals surface area (Å²) < 4.78 is 9.79. The van der Waals surface area contributed by atoms with E-state index in [1.54, 1.807) is 0 Å². The van der Waals surface area contributed by atoms with Gasteiger partial charge in [-0.25, -0.2) is 0 Å². The third kappa shape index (κ3) is 1.38. The molecule has 0 radical (unpaired) electrons. The first kappa shape index (κ1) is 9.39. The summed E-state index contributed by atoms with van der Waals surface area (Å²) >= 11 is 0. The van der Waals surface area contributed by atoms with E-state index in [0.717, 1.165) is 12.3 Å². The third-order valence-corrected chi connectivity index (χ3v) is 2.03. The van der Waals surface area contributed by atoms with Gasteiger partial charge in [-0.1, -0.05) is 0 Å². The van der Waals surface area contributed by atoms with E-state index in [1.807, 2.05) is 0 Å². The SMILES string of the molecule is COc1coc2cc(O)cc(O)c2c1=O. The second kappa shape index (κ2) is 3.20. The first-order valence-corrected chi connectivity index (χ1v) is 4.15. The predicted octanol–water partition coefficient (Wildman–Crippen LogP) is 1.21. The standard InChI is InChI=1S/C10H8O5/c1-14-8-4-15-7-3-5(11)2-6(12)9(7)10(8)13/h2-4,11-12H,1H3. The lowest BCUT2D eigenvalue weighted by molar-refractivity contribution is 0.392. The molecule has 1 aromatic heterocycles. The molecule has 0 fully saturated rings. The summed E-state index contributed by atoms with van der Waals surface area (Å²) in [7, 11) is 1.33. The van der Waals surface area contributed by atoms with E-state index in [9.17, 15) is 15.0 Å². The highest BCUT2D eigenvalue weighted by molar-refractivity contribution is 5.85. The molecule has 0 bridgehead atoms. The maximum Gasteiger partial charge on any atom is 0.238 e. The molecule has 1 heterocycles. The van der Waals surface area contributed by atoms with Crippen LogP contribution in [-0.4, -0.2) is 17.3 Å². The number of rotatable bonds is 1. The molecule has 0 amide bonds. The third-order valence-electron chi connectivity index (χ3n) is 2.03. The minimum atomic E-state index is -0.476. The van der Waals surface area contributed by atoms with Crippen LogP contribution in [0.3, 0.4) is 0 Å². The molecule has 0 spiro atoms. The molecule has 15 heavy (non-hydrogen) atoms. The predicted molar refractivity (Wildman–Crippen MR) is 52.4 cm³/mol. The largest absolute Gasteiger partial charge is 0.508 e. The first-order chi connectivity index (χ1) is 7.13. The summed E-state index contributed by atoms with van der Waals surface area (Å²) in [6.07, 6.45) is 1.13. The zero-order valence-corrected chi connectivity index (χ0v) is 7.85. The Morgan fingerprint density at radius 3 is 2.73 bits per heavy atom. The van der Waals surface area contributed by atoms with Crippen molar-refractivity contribution in [3.8, 4) is 17.2 Å². The van der Waals surface area contributed by atoms with Crippen molar-refractivity contribution in [1.29, 1.82) is 0 Å². The van der Waals surface area contributed by atoms with Gasteiger partial charge in [0.1, 0.15) is 28.7 Å². The van der Waals surface area contributed by atoms with Gasteiger partial charge >= 0.3 is 0 Å². The highest BCUT2D eigenvalue weighted by atomic mass is 16.5. The van der Waals surface area contributed by atoms with Crippen LogP contribution in [0.5, 0.6) is 17.2 Å². The van der Waals surface area contributed by atoms with Gasteiger partial charge in [-0.2, -0.15) is 0 Å². The summed E-state index contributed by atoms with van der Waals surface area (Å²) in [5, 5.41) is 18.6. The molecule has 0 atom stereocenters. The van der Waals surface area contributed by atoms with Crippen molar-refractivity contribution in [2.24, 2.45) is 0 Å². The average Bonchev–Trinajstić information content (AvgIpc) is 2.17. The van der Waals surface area contributed by atoms with E-state index in [4.69, 9.17) is 9.15 Å². The Kier molecular flexibility index (Phi) is 2.00. The summed E-state index contributed by atoms with van der Waals surface area (Å²) in [4.78, 5) is 11.7. The molecular formula is C10H8O5. The van der Waals surface area contributed by atoms with Crippen LogP contribution < -0.4 is 10.2 Å². The van der Waals surface area contributed by atoms with Crippen molar-refractivity contribution in [1.82, 2.24) is 0 Å². The monoisotopic (exact) mass is 208 g/mol. The highest BCUT2D eigenvalue weighted by Crippen LogP contribution is 2.28. The average molecular weight is 208 g/mol. The zero-order chi connectivity index (χ0) is 11.0. The number of benzene rings is 1. The molecule has 0 aliphatic rings. The van der Waals surface area contributed by atoms with E-state index in [1.165, 1.54) is 13.2 Å². The molecule has 0 saturated carbocycles. The van der Waals surface area contributed by atoms with Crippen molar-refractivity contribution >= 4 is 11.0 Å². The molecule has 0 unspecified atom stereocenters. The van der Waals surface area contributed by atoms with Gasteiger partial charge in [-0.15, -0.1) is 0 Å². The van der Waals surface area contributed by atoms with Gasteiger partial charge < -0.3 is 19.4 Å². The van der Waals surface area contributed by atoms with Crippen LogP contribution in [0.2, 0.25) is 0 Å². The second-order valence-electron chi connectivity index (χ2n) is 2.97. The lowest BCUT2D eigenvalue weighted by Gasteiger charge is -2.03. The fourth-order valence-electron chi connectivity index (χ4n) is 1.34. The van der Waals surface area contributed by atoms with E-state index in [2.05, 4.69) is 0 Å². The first-order valence-electron chi connectivity index (χ1n) is 4.15. The van der Waals surface area contributed by atoms with Crippen molar-refractivity contribution in [3.05, 3.63) is 28.6 Å². The molecule has 5 heteroatoms. The quantitative estimate of drug-likeness (QED) is 0.736. The number of hydrogen-bond donors (Lipinski definition) is 2. The fourth-order valence-corrected chi connectivity index (χ4v) is 1.34. The number of methoxy groups -OCH3 is 1. The molecule has 5 nitrogen and oxygen atoms in total. The van der Waals surface area contributed by atoms with Crippen molar-refractivity contribution in [3.63, 3.8) is 0 Å². The van der Waals surface area contributed by atoms with Gasteiger partial charge in [-0.3, -0.25) is 4.79 Å². The highest BCUT2D eigenvalue weighted by Gasteiger charge is 2.12. The van der Waals surface area contributed by atoms with Gasteiger partial charge in [0.2, 0.25) is 11.2 Å². The Morgan fingerprint density at radius 1 is 1.33 bits per heavy atom. The molecule has 0 aliphatic heterocycles. The number of fused-ring (bicyclic) bond motifs is 1. The molecule has 0 aliphatic carbocycles. The van der Waals surface area contributed by atoms with Crippen molar-refractivity contribution in [2.75, 3.05) is 7.11 Å². The normalized spacial score (nSPS) is 10.5. The Labute approximate surface area is 84.1 Å². The number of ether oxygens (including phenoxy) is 1. The Balaban J connectivity index is 2.93. The Hall–Kier alpha value is -2.17. The number of hydrogen-bond acceptors (Lipinski definition) is 5. The van der Waals surface area contributed by atoms with Crippen LogP contribution in [-0.2, 0) is 0 Å². The van der Waals surface area contributed by atoms with Crippen LogP contribution in [0, 0.1) is 0 Å². The van der Waals surface area contributed by atoms with Gasteiger partial charge in [-0.05, 0) is 0 Å². The van der Waals surface area contributed by atoms with Gasteiger partial charge in [0, 0.05) is 12.1 Å². The maximum absolute atomic E-state index is 11.7. The lowest BCUT2D eigenvalue weighted by atomic mass is 10.2. The second-order valence-corrected chi connectivity index (χ2v) is 2.97. The summed E-state index contributed by atoms with van der Waals surface area (Å²) in [6.45, 7) is 0. The minimum Gasteiger partial charge on any atom is -0.508 e. The fraction of sp³-hybridized carbons (Fsp3) is 0.100. The van der Waals surface area contributed by atoms with Gasteiger partial charge in [0.05, 0.1) is 7.11 Å². The minimum absolute atomic E-state index is 0.00323. The number of phenols is 2. The van der Waals surface area contributed by atoms with Crippen LogP contribution in [0.4, 0.5) is 0 Å². The molecular weight excluding hydrogens is 200 g/mol. The molecule has 78 valence electrons.